The quantitative estimate of drug-likeness (QED) is 0.236. The van der Waals surface area contributed by atoms with Crippen LogP contribution < -0.4 is 5.32 Å². The van der Waals surface area contributed by atoms with Crippen molar-refractivity contribution in [1.82, 2.24) is 0 Å². The number of rotatable bonds is 6. The zero-order valence-corrected chi connectivity index (χ0v) is 11.0. The molecule has 0 spiro atoms. The van der Waals surface area contributed by atoms with Gasteiger partial charge in [0.25, 0.3) is 5.69 Å². The van der Waals surface area contributed by atoms with E-state index in [9.17, 15) is 25.1 Å². The van der Waals surface area contributed by atoms with Crippen molar-refractivity contribution in [3.63, 3.8) is 0 Å². The van der Waals surface area contributed by atoms with Crippen LogP contribution in [0.5, 0.6) is 0 Å². The number of nitrogens with zero attached hydrogens (tertiary/aromatic N) is 4. The van der Waals surface area contributed by atoms with Gasteiger partial charge in [0, 0.05) is 17.9 Å². The predicted octanol–water partition coefficient (Wildman–Crippen LogP) is 1.26. The number of anilines is 1. The van der Waals surface area contributed by atoms with Crippen molar-refractivity contribution in [3.8, 4) is 0 Å². The van der Waals surface area contributed by atoms with E-state index in [0.29, 0.717) is 0 Å². The Morgan fingerprint density at radius 3 is 2.76 bits per heavy atom. The molecule has 1 amide bonds. The molecule has 112 valence electrons. The SMILES string of the molecule is CC(=O)Nc1ccc(C(O)C(O)CN=[N+]=[N-])cc1[N+](=O)[O-]. The first-order valence-electron chi connectivity index (χ1n) is 5.79. The lowest BCUT2D eigenvalue weighted by atomic mass is 10.0. The van der Waals surface area contributed by atoms with E-state index in [1.54, 1.807) is 0 Å². The molecule has 1 aromatic rings. The first-order chi connectivity index (χ1) is 9.86. The summed E-state index contributed by atoms with van der Waals surface area (Å²) in [6.07, 6.45) is -2.85. The van der Waals surface area contributed by atoms with Gasteiger partial charge in [0.15, 0.2) is 0 Å². The van der Waals surface area contributed by atoms with Crippen LogP contribution in [0, 0.1) is 10.1 Å². The van der Waals surface area contributed by atoms with Crippen LogP contribution in [0.25, 0.3) is 10.4 Å². The molecule has 0 saturated carbocycles. The first-order valence-corrected chi connectivity index (χ1v) is 5.79. The van der Waals surface area contributed by atoms with Crippen LogP contribution in [-0.2, 0) is 4.79 Å². The van der Waals surface area contributed by atoms with Crippen LogP contribution in [-0.4, -0.2) is 33.7 Å². The lowest BCUT2D eigenvalue weighted by Gasteiger charge is -2.16. The Morgan fingerprint density at radius 1 is 1.57 bits per heavy atom. The number of hydrogen-bond donors (Lipinski definition) is 3. The Hall–Kier alpha value is -2.68. The summed E-state index contributed by atoms with van der Waals surface area (Å²) >= 11 is 0. The molecule has 0 heterocycles. The van der Waals surface area contributed by atoms with E-state index in [1.165, 1.54) is 19.1 Å². The van der Waals surface area contributed by atoms with Gasteiger partial charge in [-0.2, -0.15) is 0 Å². The van der Waals surface area contributed by atoms with Crippen LogP contribution in [0.2, 0.25) is 0 Å². The molecule has 0 fully saturated rings. The number of hydrogen-bond acceptors (Lipinski definition) is 6. The number of aliphatic hydroxyl groups excluding tert-OH is 2. The molecule has 2 unspecified atom stereocenters. The van der Waals surface area contributed by atoms with E-state index in [-0.39, 0.29) is 17.8 Å². The molecule has 2 atom stereocenters. The molecule has 10 heteroatoms. The lowest BCUT2D eigenvalue weighted by Crippen LogP contribution is -2.21. The standard InChI is InChI=1S/C11H13N5O5/c1-6(17)14-8-3-2-7(4-9(8)16(20)21)11(19)10(18)5-13-15-12/h2-4,10-11,18-19H,5H2,1H3,(H,14,17). The third kappa shape index (κ3) is 4.42. The van der Waals surface area contributed by atoms with Crippen molar-refractivity contribution >= 4 is 17.3 Å². The van der Waals surface area contributed by atoms with E-state index in [4.69, 9.17) is 5.53 Å². The summed E-state index contributed by atoms with van der Waals surface area (Å²) in [4.78, 5) is 23.6. The van der Waals surface area contributed by atoms with Gasteiger partial charge in [0.05, 0.1) is 17.6 Å². The number of aliphatic hydroxyl groups is 2. The van der Waals surface area contributed by atoms with Gasteiger partial charge in [-0.25, -0.2) is 0 Å². The number of carbonyl (C=O) groups excluding carboxylic acids is 1. The van der Waals surface area contributed by atoms with Crippen LogP contribution in [0.15, 0.2) is 23.3 Å². The summed E-state index contributed by atoms with van der Waals surface area (Å²) in [5, 5.41) is 35.8. The maximum absolute atomic E-state index is 11.0. The molecule has 21 heavy (non-hydrogen) atoms. The second-order valence-electron chi connectivity index (χ2n) is 4.14. The highest BCUT2D eigenvalue weighted by molar-refractivity contribution is 5.91. The fourth-order valence-electron chi connectivity index (χ4n) is 1.62. The molecule has 0 radical (unpaired) electrons. The number of nitrogens with one attached hydrogen (secondary N) is 1. The Morgan fingerprint density at radius 2 is 2.24 bits per heavy atom. The van der Waals surface area contributed by atoms with Crippen molar-refractivity contribution in [2.24, 2.45) is 5.11 Å². The monoisotopic (exact) mass is 295 g/mol. The third-order valence-electron chi connectivity index (χ3n) is 2.57. The molecule has 0 aliphatic carbocycles. The largest absolute Gasteiger partial charge is 0.390 e. The van der Waals surface area contributed by atoms with Gasteiger partial charge in [-0.05, 0) is 17.2 Å². The minimum absolute atomic E-state index is 0.0204. The lowest BCUT2D eigenvalue weighted by molar-refractivity contribution is -0.384. The first kappa shape index (κ1) is 16.4. The second kappa shape index (κ2) is 7.20. The third-order valence-corrected chi connectivity index (χ3v) is 2.57. The molecule has 1 aromatic carbocycles. The zero-order chi connectivity index (χ0) is 16.0. The number of nitro groups is 1. The Bertz CT molecular complexity index is 599. The summed E-state index contributed by atoms with van der Waals surface area (Å²) < 4.78 is 0. The molecule has 10 nitrogen and oxygen atoms in total. The Balaban J connectivity index is 3.09. The van der Waals surface area contributed by atoms with E-state index in [0.717, 1.165) is 6.07 Å². The summed E-state index contributed by atoms with van der Waals surface area (Å²) in [6, 6.07) is 3.61. The molecular formula is C11H13N5O5. The summed E-state index contributed by atoms with van der Waals surface area (Å²) in [5.74, 6) is -0.477. The van der Waals surface area contributed by atoms with Gasteiger partial charge in [0.2, 0.25) is 5.91 Å². The van der Waals surface area contributed by atoms with Gasteiger partial charge in [-0.15, -0.1) is 0 Å². The molecule has 0 aliphatic rings. The normalized spacial score (nSPS) is 12.9. The summed E-state index contributed by atoms with van der Waals surface area (Å²) in [6.45, 7) is 0.828. The fourth-order valence-corrected chi connectivity index (χ4v) is 1.62. The minimum atomic E-state index is -1.46. The van der Waals surface area contributed by atoms with Gasteiger partial charge < -0.3 is 15.5 Å². The second-order valence-corrected chi connectivity index (χ2v) is 4.14. The highest BCUT2D eigenvalue weighted by Crippen LogP contribution is 2.29. The summed E-state index contributed by atoms with van der Waals surface area (Å²) in [7, 11) is 0. The van der Waals surface area contributed by atoms with Gasteiger partial charge >= 0.3 is 0 Å². The van der Waals surface area contributed by atoms with Crippen LogP contribution in [0.4, 0.5) is 11.4 Å². The highest BCUT2D eigenvalue weighted by Gasteiger charge is 2.22. The van der Waals surface area contributed by atoms with E-state index in [1.807, 2.05) is 0 Å². The number of carbonyl (C=O) groups is 1. The van der Waals surface area contributed by atoms with Gasteiger partial charge in [0.1, 0.15) is 11.8 Å². The van der Waals surface area contributed by atoms with Crippen molar-refractivity contribution in [2.45, 2.75) is 19.1 Å². The summed E-state index contributed by atoms with van der Waals surface area (Å²) in [5.41, 5.74) is 7.77. The topological polar surface area (TPSA) is 161 Å². The number of amides is 1. The predicted molar refractivity (Wildman–Crippen MR) is 72.4 cm³/mol. The van der Waals surface area contributed by atoms with E-state index in [2.05, 4.69) is 15.3 Å². The Labute approximate surface area is 118 Å². The fraction of sp³-hybridized carbons (Fsp3) is 0.364. The average Bonchev–Trinajstić information content (AvgIpc) is 2.43. The van der Waals surface area contributed by atoms with Crippen LogP contribution >= 0.6 is 0 Å². The van der Waals surface area contributed by atoms with Gasteiger partial charge in [-0.3, -0.25) is 14.9 Å². The van der Waals surface area contributed by atoms with E-state index >= 15 is 0 Å². The Kier molecular flexibility index (Phi) is 5.61. The molecule has 3 N–H and O–H groups in total. The molecule has 0 aliphatic heterocycles. The highest BCUT2D eigenvalue weighted by atomic mass is 16.6. The van der Waals surface area contributed by atoms with Crippen molar-refractivity contribution in [3.05, 3.63) is 44.3 Å². The van der Waals surface area contributed by atoms with Crippen molar-refractivity contribution in [2.75, 3.05) is 11.9 Å². The minimum Gasteiger partial charge on any atom is -0.390 e. The van der Waals surface area contributed by atoms with Crippen molar-refractivity contribution in [1.29, 1.82) is 0 Å². The smallest absolute Gasteiger partial charge is 0.293 e. The average molecular weight is 295 g/mol. The molecule has 0 aromatic heterocycles. The molecule has 1 rings (SSSR count). The maximum atomic E-state index is 11.0. The zero-order valence-electron chi connectivity index (χ0n) is 11.0. The number of benzene rings is 1. The van der Waals surface area contributed by atoms with Crippen LogP contribution in [0.1, 0.15) is 18.6 Å². The van der Waals surface area contributed by atoms with E-state index < -0.39 is 28.7 Å². The molecule has 0 bridgehead atoms. The van der Waals surface area contributed by atoms with Crippen LogP contribution in [0.3, 0.4) is 0 Å². The number of nitro benzene ring substituents is 1. The maximum Gasteiger partial charge on any atom is 0.293 e. The number of azide groups is 1. The van der Waals surface area contributed by atoms with Crippen molar-refractivity contribution < 1.29 is 19.9 Å². The molecular weight excluding hydrogens is 282 g/mol. The molecule has 0 saturated heterocycles. The van der Waals surface area contributed by atoms with Gasteiger partial charge in [-0.1, -0.05) is 11.2 Å².